The third-order valence-corrected chi connectivity index (χ3v) is 9.85. The number of fused-ring (bicyclic) bond motifs is 6. The molecule has 3 nitrogen and oxygen atoms in total. The first-order valence-electron chi connectivity index (χ1n) is 16.7. The summed E-state index contributed by atoms with van der Waals surface area (Å²) in [6, 6.07) is 50.5. The summed E-state index contributed by atoms with van der Waals surface area (Å²) >= 11 is 0. The van der Waals surface area contributed by atoms with Gasteiger partial charge in [0.05, 0.1) is 5.69 Å². The van der Waals surface area contributed by atoms with Crippen molar-refractivity contribution >= 4 is 68.0 Å². The summed E-state index contributed by atoms with van der Waals surface area (Å²) in [6.07, 6.45) is 0. The topological polar surface area (TPSA) is 15.7 Å². The second-order valence-electron chi connectivity index (χ2n) is 13.3. The molecule has 2 aliphatic rings. The second-order valence-corrected chi connectivity index (χ2v) is 13.3. The molecule has 0 fully saturated rings. The van der Waals surface area contributed by atoms with Crippen molar-refractivity contribution in [3.8, 4) is 11.5 Å². The SMILES string of the molecule is Cc1cc(C)cc(N2c3cccc4c3B(c3cc(C)cc(C)c32)c2c(cc(N(c3ccccc3)c3ccccc3)c3ccccc23)O4)c1. The number of hydrogen-bond acceptors (Lipinski definition) is 3. The first-order valence-corrected chi connectivity index (χ1v) is 16.7. The van der Waals surface area contributed by atoms with Gasteiger partial charge in [-0.1, -0.05) is 90.5 Å². The predicted molar refractivity (Wildman–Crippen MR) is 203 cm³/mol. The Morgan fingerprint density at radius 2 is 1.17 bits per heavy atom. The fourth-order valence-electron chi connectivity index (χ4n) is 8.17. The number of para-hydroxylation sites is 2. The molecule has 0 amide bonds. The molecule has 230 valence electrons. The molecule has 0 radical (unpaired) electrons. The summed E-state index contributed by atoms with van der Waals surface area (Å²) in [6.45, 7) is 8.86. The first kappa shape index (κ1) is 28.5. The van der Waals surface area contributed by atoms with Gasteiger partial charge < -0.3 is 14.5 Å². The lowest BCUT2D eigenvalue weighted by Gasteiger charge is -2.41. The molecule has 48 heavy (non-hydrogen) atoms. The Balaban J connectivity index is 1.35. The lowest BCUT2D eigenvalue weighted by Crippen LogP contribution is -2.60. The molecule has 7 aromatic rings. The summed E-state index contributed by atoms with van der Waals surface area (Å²) in [5.74, 6) is 1.82. The third kappa shape index (κ3) is 4.36. The van der Waals surface area contributed by atoms with Crippen LogP contribution in [0.25, 0.3) is 10.8 Å². The van der Waals surface area contributed by atoms with E-state index in [1.165, 1.54) is 66.5 Å². The van der Waals surface area contributed by atoms with Crippen LogP contribution in [0.5, 0.6) is 11.5 Å². The Bertz CT molecular complexity index is 2330. The van der Waals surface area contributed by atoms with Crippen molar-refractivity contribution in [2.24, 2.45) is 0 Å². The van der Waals surface area contributed by atoms with E-state index in [0.717, 1.165) is 28.6 Å². The molecule has 0 saturated heterocycles. The average molecular weight is 619 g/mol. The van der Waals surface area contributed by atoms with Crippen molar-refractivity contribution in [3.63, 3.8) is 0 Å². The smallest absolute Gasteiger partial charge is 0.257 e. The van der Waals surface area contributed by atoms with Crippen LogP contribution in [0, 0.1) is 27.7 Å². The Hall–Kier alpha value is -5.74. The molecule has 0 aromatic heterocycles. The van der Waals surface area contributed by atoms with Gasteiger partial charge in [-0.05, 0) is 115 Å². The van der Waals surface area contributed by atoms with Gasteiger partial charge in [0.2, 0.25) is 0 Å². The van der Waals surface area contributed by atoms with Crippen LogP contribution in [-0.4, -0.2) is 6.71 Å². The van der Waals surface area contributed by atoms with Crippen LogP contribution >= 0.6 is 0 Å². The molecule has 0 saturated carbocycles. The maximum absolute atomic E-state index is 7.05. The zero-order valence-electron chi connectivity index (χ0n) is 27.7. The van der Waals surface area contributed by atoms with E-state index in [1.54, 1.807) is 0 Å². The first-order chi connectivity index (χ1) is 23.5. The van der Waals surface area contributed by atoms with Gasteiger partial charge in [0, 0.05) is 39.9 Å². The standard InChI is InChI=1S/C44H35BN2O/c1-28-22-29(2)25-34(24-28)47-38-20-13-21-40-43(38)45(37-26-30(3)23-31(4)44(37)47)42-36-19-12-11-18-35(36)39(27-41(42)48-40)46(32-14-7-5-8-15-32)33-16-9-6-10-17-33/h5-27H,1-4H3. The highest BCUT2D eigenvalue weighted by molar-refractivity contribution is 7.00. The number of rotatable bonds is 4. The van der Waals surface area contributed by atoms with E-state index in [0.29, 0.717) is 0 Å². The van der Waals surface area contributed by atoms with Gasteiger partial charge in [0.1, 0.15) is 11.5 Å². The molecule has 0 bridgehead atoms. The van der Waals surface area contributed by atoms with Crippen molar-refractivity contribution < 1.29 is 4.74 Å². The Morgan fingerprint density at radius 1 is 0.542 bits per heavy atom. The zero-order chi connectivity index (χ0) is 32.5. The Kier molecular flexibility index (Phi) is 6.48. The molecule has 0 spiro atoms. The molecule has 2 heterocycles. The minimum atomic E-state index is 0.0107. The van der Waals surface area contributed by atoms with Crippen LogP contribution in [0.4, 0.5) is 34.1 Å². The van der Waals surface area contributed by atoms with Crippen LogP contribution in [-0.2, 0) is 0 Å². The van der Waals surface area contributed by atoms with E-state index in [2.05, 4.69) is 177 Å². The summed E-state index contributed by atoms with van der Waals surface area (Å²) in [5, 5.41) is 2.40. The summed E-state index contributed by atoms with van der Waals surface area (Å²) < 4.78 is 7.05. The van der Waals surface area contributed by atoms with Crippen LogP contribution in [0.15, 0.2) is 140 Å². The second kappa shape index (κ2) is 10.9. The summed E-state index contributed by atoms with van der Waals surface area (Å²) in [5.41, 5.74) is 15.7. The predicted octanol–water partition coefficient (Wildman–Crippen LogP) is 9.95. The quantitative estimate of drug-likeness (QED) is 0.183. The molecular formula is C44H35BN2O. The van der Waals surface area contributed by atoms with E-state index in [9.17, 15) is 0 Å². The number of ether oxygens (including phenoxy) is 1. The highest BCUT2D eigenvalue weighted by Gasteiger charge is 2.43. The molecule has 7 aromatic carbocycles. The summed E-state index contributed by atoms with van der Waals surface area (Å²) in [4.78, 5) is 4.82. The van der Waals surface area contributed by atoms with E-state index in [-0.39, 0.29) is 6.71 Å². The van der Waals surface area contributed by atoms with Crippen molar-refractivity contribution in [3.05, 3.63) is 162 Å². The molecule has 9 rings (SSSR count). The lowest BCUT2D eigenvalue weighted by molar-refractivity contribution is 0.488. The van der Waals surface area contributed by atoms with E-state index in [1.807, 2.05) is 0 Å². The van der Waals surface area contributed by atoms with Crippen LogP contribution < -0.4 is 30.9 Å². The maximum atomic E-state index is 7.05. The third-order valence-electron chi connectivity index (χ3n) is 9.85. The number of hydrogen-bond donors (Lipinski definition) is 0. The minimum Gasteiger partial charge on any atom is -0.458 e. The molecule has 2 aliphatic heterocycles. The number of aryl methyl sites for hydroxylation is 4. The monoisotopic (exact) mass is 618 g/mol. The molecule has 4 heteroatoms. The Labute approximate surface area is 282 Å². The van der Waals surface area contributed by atoms with Gasteiger partial charge in [-0.25, -0.2) is 0 Å². The van der Waals surface area contributed by atoms with Gasteiger partial charge in [-0.3, -0.25) is 0 Å². The molecule has 0 N–H and O–H groups in total. The lowest BCUT2D eigenvalue weighted by atomic mass is 9.33. The fraction of sp³-hybridized carbons (Fsp3) is 0.0909. The molecular weight excluding hydrogens is 583 g/mol. The van der Waals surface area contributed by atoms with Crippen LogP contribution in [0.2, 0.25) is 0 Å². The van der Waals surface area contributed by atoms with Gasteiger partial charge >= 0.3 is 0 Å². The maximum Gasteiger partial charge on any atom is 0.257 e. The molecule has 0 aliphatic carbocycles. The van der Waals surface area contributed by atoms with Crippen molar-refractivity contribution in [1.29, 1.82) is 0 Å². The van der Waals surface area contributed by atoms with Gasteiger partial charge in [0.15, 0.2) is 0 Å². The Morgan fingerprint density at radius 3 is 1.85 bits per heavy atom. The van der Waals surface area contributed by atoms with Crippen molar-refractivity contribution in [2.45, 2.75) is 27.7 Å². The highest BCUT2D eigenvalue weighted by atomic mass is 16.5. The van der Waals surface area contributed by atoms with Gasteiger partial charge in [0.25, 0.3) is 6.71 Å². The normalized spacial score (nSPS) is 12.7. The average Bonchev–Trinajstić information content (AvgIpc) is 3.09. The minimum absolute atomic E-state index is 0.0107. The number of benzene rings is 7. The van der Waals surface area contributed by atoms with Crippen molar-refractivity contribution in [1.82, 2.24) is 0 Å². The van der Waals surface area contributed by atoms with Crippen LogP contribution in [0.1, 0.15) is 22.3 Å². The largest absolute Gasteiger partial charge is 0.458 e. The zero-order valence-corrected chi connectivity index (χ0v) is 27.7. The fourth-order valence-corrected chi connectivity index (χ4v) is 8.17. The van der Waals surface area contributed by atoms with E-state index in [4.69, 9.17) is 4.74 Å². The van der Waals surface area contributed by atoms with Crippen LogP contribution in [0.3, 0.4) is 0 Å². The molecule has 0 unspecified atom stereocenters. The van der Waals surface area contributed by atoms with Gasteiger partial charge in [-0.15, -0.1) is 0 Å². The van der Waals surface area contributed by atoms with E-state index >= 15 is 0 Å². The van der Waals surface area contributed by atoms with Crippen molar-refractivity contribution in [2.75, 3.05) is 9.80 Å². The number of nitrogens with zero attached hydrogens (tertiary/aromatic N) is 2. The number of anilines is 6. The molecule has 0 atom stereocenters. The highest BCUT2D eigenvalue weighted by Crippen LogP contribution is 2.46. The van der Waals surface area contributed by atoms with E-state index < -0.39 is 0 Å². The van der Waals surface area contributed by atoms with Gasteiger partial charge in [-0.2, -0.15) is 0 Å². The summed E-state index contributed by atoms with van der Waals surface area (Å²) in [7, 11) is 0.